The number of nitrogens with zero attached hydrogens (tertiary/aromatic N) is 11. The van der Waals surface area contributed by atoms with Crippen molar-refractivity contribution in [1.82, 2.24) is 14.5 Å². The van der Waals surface area contributed by atoms with Crippen molar-refractivity contribution in [2.24, 2.45) is 0 Å². The molecule has 0 aliphatic heterocycles. The fourth-order valence-electron chi connectivity index (χ4n) is 9.88. The predicted molar refractivity (Wildman–Crippen MR) is 298 cm³/mol. The fraction of sp³-hybridized carbons (Fsp3) is 0. The Bertz CT molecular complexity index is 4270. The van der Waals surface area contributed by atoms with E-state index in [0.717, 1.165) is 33.4 Å². The second-order valence-electron chi connectivity index (χ2n) is 17.7. The Labute approximate surface area is 442 Å². The molecule has 0 aliphatic rings. The summed E-state index contributed by atoms with van der Waals surface area (Å²) in [6.45, 7) is 31.9. The van der Waals surface area contributed by atoms with Crippen LogP contribution in [-0.2, 0) is 0 Å². The van der Waals surface area contributed by atoms with Gasteiger partial charge in [0, 0.05) is 60.8 Å². The Morgan fingerprint density at radius 1 is 0.377 bits per heavy atom. The molecule has 0 bridgehead atoms. The second-order valence-corrected chi connectivity index (χ2v) is 17.7. The normalized spacial score (nSPS) is 10.5. The van der Waals surface area contributed by atoms with Gasteiger partial charge in [-0.15, -0.1) is 0 Å². The zero-order valence-corrected chi connectivity index (χ0v) is 40.3. The molecule has 2 aromatic heterocycles. The molecule has 0 N–H and O–H groups in total. The SMILES string of the molecule is [C-]#[N+]c1ccc(-c2cc(-c3nc(-c4ccccc4)cc(-c4ccccc4)n3)cc(-c3ccc(C#N)cc3)c2-n2c3ccc(-c4c(C#N)cc(C#N)cc4[N+]#[C-])cc3c3cc(-c4c(C#N)cc([N+]#[C-])cc4[N+]#[C-])ccc32)cc1. The van der Waals surface area contributed by atoms with Crippen molar-refractivity contribution in [1.29, 1.82) is 21.0 Å². The van der Waals surface area contributed by atoms with Crippen LogP contribution in [-0.4, -0.2) is 14.5 Å². The Hall–Kier alpha value is -12.2. The molecule has 11 rings (SSSR count). The predicted octanol–water partition coefficient (Wildman–Crippen LogP) is 16.9. The average Bonchev–Trinajstić information content (AvgIpc) is 3.84. The van der Waals surface area contributed by atoms with Crippen LogP contribution in [0, 0.1) is 71.6 Å². The van der Waals surface area contributed by atoms with Gasteiger partial charge < -0.3 is 4.57 Å². The van der Waals surface area contributed by atoms with Gasteiger partial charge in [0.1, 0.15) is 0 Å². The lowest BCUT2D eigenvalue weighted by Gasteiger charge is -2.21. The Balaban J connectivity index is 1.29. The number of aromatic nitrogens is 3. The smallest absolute Gasteiger partial charge is 0.197 e. The van der Waals surface area contributed by atoms with E-state index in [4.69, 9.17) is 36.3 Å². The van der Waals surface area contributed by atoms with E-state index in [1.807, 2.05) is 140 Å². The third kappa shape index (κ3) is 8.45. The number of rotatable bonds is 8. The van der Waals surface area contributed by atoms with E-state index in [-0.39, 0.29) is 33.8 Å². The molecule has 0 aliphatic carbocycles. The summed E-state index contributed by atoms with van der Waals surface area (Å²) >= 11 is 0. The molecule has 0 radical (unpaired) electrons. The summed E-state index contributed by atoms with van der Waals surface area (Å²) < 4.78 is 2.13. The highest BCUT2D eigenvalue weighted by Crippen LogP contribution is 2.47. The van der Waals surface area contributed by atoms with Crippen molar-refractivity contribution < 1.29 is 0 Å². The highest BCUT2D eigenvalue weighted by molar-refractivity contribution is 6.14. The molecule has 11 nitrogen and oxygen atoms in total. The first kappa shape index (κ1) is 47.1. The summed E-state index contributed by atoms with van der Waals surface area (Å²) in [4.78, 5) is 25.3. The van der Waals surface area contributed by atoms with E-state index in [2.05, 4.69) is 48.2 Å². The van der Waals surface area contributed by atoms with Crippen LogP contribution in [0.3, 0.4) is 0 Å². The second kappa shape index (κ2) is 19.8. The van der Waals surface area contributed by atoms with Crippen molar-refractivity contribution in [2.75, 3.05) is 0 Å². The third-order valence-electron chi connectivity index (χ3n) is 13.4. The molecule has 11 aromatic rings. The van der Waals surface area contributed by atoms with Gasteiger partial charge >= 0.3 is 0 Å². The molecule has 0 unspecified atom stereocenters. The minimum atomic E-state index is 0.127. The van der Waals surface area contributed by atoms with Crippen molar-refractivity contribution in [3.63, 3.8) is 0 Å². The van der Waals surface area contributed by atoms with Crippen LogP contribution < -0.4 is 0 Å². The maximum absolute atomic E-state index is 10.5. The van der Waals surface area contributed by atoms with Crippen LogP contribution in [0.15, 0.2) is 188 Å². The number of fused-ring (bicyclic) bond motifs is 3. The Kier molecular flexibility index (Phi) is 12.1. The van der Waals surface area contributed by atoms with Gasteiger partial charge in [-0.05, 0) is 95.1 Å². The molecule has 0 saturated heterocycles. The minimum Gasteiger partial charge on any atom is -0.308 e. The van der Waals surface area contributed by atoms with E-state index in [1.54, 1.807) is 24.3 Å². The summed E-state index contributed by atoms with van der Waals surface area (Å²) in [5, 5.41) is 42.2. The van der Waals surface area contributed by atoms with Gasteiger partial charge in [-0.2, -0.15) is 21.0 Å². The molecule has 2 heterocycles. The molecule has 0 atom stereocenters. The van der Waals surface area contributed by atoms with E-state index in [0.29, 0.717) is 83.8 Å². The van der Waals surface area contributed by atoms with Crippen LogP contribution in [0.1, 0.15) is 22.3 Å². The van der Waals surface area contributed by atoms with Crippen LogP contribution in [0.25, 0.3) is 125 Å². The van der Waals surface area contributed by atoms with E-state index in [1.165, 1.54) is 24.3 Å². The standard InChI is InChI=1S/C66H31N11/c1-71-51-23-19-43(20-24-51)54-33-48(66-75-57(44-11-7-5-8-12-44)35-58(76-66)45-13-9-6-10-14-45)32-53(42-17-15-40(36-67)16-18-42)65(54)77-61-25-21-46(63-49(38-69)27-41(37-68)28-59(63)73-3)30-55(61)56-31-47(22-26-62(56)77)64-50(39-70)29-52(72-2)34-60(64)74-4/h5-35H. The lowest BCUT2D eigenvalue weighted by molar-refractivity contribution is 1.17. The molecule has 11 heteroatoms. The summed E-state index contributed by atoms with van der Waals surface area (Å²) in [6.07, 6.45) is 0. The highest BCUT2D eigenvalue weighted by atomic mass is 15.0. The van der Waals surface area contributed by atoms with Gasteiger partial charge in [-0.3, -0.25) is 0 Å². The number of hydrogen-bond acceptors (Lipinski definition) is 6. The van der Waals surface area contributed by atoms with Crippen molar-refractivity contribution in [2.45, 2.75) is 0 Å². The summed E-state index contributed by atoms with van der Waals surface area (Å²) in [7, 11) is 0. The van der Waals surface area contributed by atoms with E-state index in [9.17, 15) is 21.0 Å². The number of hydrogen-bond donors (Lipinski definition) is 0. The van der Waals surface area contributed by atoms with E-state index < -0.39 is 0 Å². The van der Waals surface area contributed by atoms with Gasteiger partial charge in [0.05, 0.1) is 89.8 Å². The lowest BCUT2D eigenvalue weighted by Crippen LogP contribution is -2.03. The zero-order chi connectivity index (χ0) is 53.2. The van der Waals surface area contributed by atoms with Gasteiger partial charge in [0.25, 0.3) is 0 Å². The van der Waals surface area contributed by atoms with Crippen LogP contribution >= 0.6 is 0 Å². The molecular weight excluding hydrogens is 947 g/mol. The highest BCUT2D eigenvalue weighted by Gasteiger charge is 2.25. The van der Waals surface area contributed by atoms with Crippen LogP contribution in [0.2, 0.25) is 0 Å². The summed E-state index contributed by atoms with van der Waals surface area (Å²) in [5.74, 6) is 0.446. The summed E-state index contributed by atoms with van der Waals surface area (Å²) in [6, 6.07) is 66.5. The van der Waals surface area contributed by atoms with E-state index >= 15 is 0 Å². The summed E-state index contributed by atoms with van der Waals surface area (Å²) in [5.41, 5.74) is 12.6. The first-order valence-electron chi connectivity index (χ1n) is 23.7. The minimum absolute atomic E-state index is 0.127. The number of benzene rings is 9. The molecule has 350 valence electrons. The zero-order valence-electron chi connectivity index (χ0n) is 40.3. The van der Waals surface area contributed by atoms with Crippen LogP contribution in [0.5, 0.6) is 0 Å². The van der Waals surface area contributed by atoms with Gasteiger partial charge in [-0.25, -0.2) is 29.3 Å². The molecule has 0 fully saturated rings. The molecule has 0 amide bonds. The third-order valence-corrected chi connectivity index (χ3v) is 13.4. The first-order chi connectivity index (χ1) is 37.8. The monoisotopic (exact) mass is 977 g/mol. The average molecular weight is 978 g/mol. The molecule has 9 aromatic carbocycles. The van der Waals surface area contributed by atoms with Crippen LogP contribution in [0.4, 0.5) is 22.7 Å². The maximum Gasteiger partial charge on any atom is 0.197 e. The van der Waals surface area contributed by atoms with Crippen molar-refractivity contribution >= 4 is 44.6 Å². The quantitative estimate of drug-likeness (QED) is 0.139. The first-order valence-corrected chi connectivity index (χ1v) is 23.7. The lowest BCUT2D eigenvalue weighted by atomic mass is 9.91. The Morgan fingerprint density at radius 2 is 0.857 bits per heavy atom. The largest absolute Gasteiger partial charge is 0.308 e. The molecule has 77 heavy (non-hydrogen) atoms. The maximum atomic E-state index is 10.5. The molecular formula is C66H31N11. The topological polar surface area (TPSA) is 143 Å². The number of nitriles is 4. The molecule has 0 spiro atoms. The molecule has 0 saturated carbocycles. The van der Waals surface area contributed by atoms with Crippen molar-refractivity contribution in [3.8, 4) is 108 Å². The van der Waals surface area contributed by atoms with Gasteiger partial charge in [-0.1, -0.05) is 115 Å². The Morgan fingerprint density at radius 3 is 1.34 bits per heavy atom. The van der Waals surface area contributed by atoms with Gasteiger partial charge in [0.15, 0.2) is 28.6 Å². The van der Waals surface area contributed by atoms with Gasteiger partial charge in [0.2, 0.25) is 0 Å². The fourth-order valence-corrected chi connectivity index (χ4v) is 9.88. The van der Waals surface area contributed by atoms with Crippen molar-refractivity contribution in [3.05, 3.63) is 256 Å².